The predicted octanol–water partition coefficient (Wildman–Crippen LogP) is 2.00. The van der Waals surface area contributed by atoms with Crippen LogP contribution in [0.15, 0.2) is 30.7 Å². The summed E-state index contributed by atoms with van der Waals surface area (Å²) >= 11 is 0. The van der Waals surface area contributed by atoms with Gasteiger partial charge in [-0.05, 0) is 43.5 Å². The second-order valence-electron chi connectivity index (χ2n) is 5.93. The van der Waals surface area contributed by atoms with Gasteiger partial charge < -0.3 is 14.6 Å². The summed E-state index contributed by atoms with van der Waals surface area (Å²) in [6, 6.07) is 6.04. The van der Waals surface area contributed by atoms with E-state index < -0.39 is 0 Å². The Balaban J connectivity index is 0.000000882. The van der Waals surface area contributed by atoms with E-state index in [1.54, 1.807) is 6.33 Å². The van der Waals surface area contributed by atoms with Gasteiger partial charge in [0.1, 0.15) is 5.69 Å². The molecule has 0 aliphatic carbocycles. The van der Waals surface area contributed by atoms with Gasteiger partial charge in [-0.25, -0.2) is 4.98 Å². The van der Waals surface area contributed by atoms with Gasteiger partial charge in [-0.1, -0.05) is 0 Å². The molecule has 2 fully saturated rings. The molecule has 22 heavy (non-hydrogen) atoms. The summed E-state index contributed by atoms with van der Waals surface area (Å²) in [5, 5.41) is 3.14. The molecule has 2 bridgehead atoms. The first kappa shape index (κ1) is 17.1. The van der Waals surface area contributed by atoms with Crippen LogP contribution in [0.3, 0.4) is 0 Å². The first-order chi connectivity index (χ1) is 9.78. The third-order valence-electron chi connectivity index (χ3n) is 4.45. The Hall–Kier alpha value is -1.30. The molecule has 2 aliphatic rings. The van der Waals surface area contributed by atoms with Crippen molar-refractivity contribution in [2.24, 2.45) is 5.92 Å². The van der Waals surface area contributed by atoms with E-state index in [0.29, 0.717) is 5.69 Å². The van der Waals surface area contributed by atoms with Crippen LogP contribution in [0.4, 0.5) is 0 Å². The number of aromatic nitrogens is 2. The van der Waals surface area contributed by atoms with Crippen LogP contribution < -0.4 is 5.32 Å². The molecular weight excluding hydrogens is 323 g/mol. The quantitative estimate of drug-likeness (QED) is 0.908. The Kier molecular flexibility index (Phi) is 5.32. The van der Waals surface area contributed by atoms with Gasteiger partial charge in [-0.2, -0.15) is 0 Å². The molecule has 4 rings (SSSR count). The average Bonchev–Trinajstić information content (AvgIpc) is 3.04. The number of nitrogens with zero attached hydrogens (tertiary/aromatic N) is 3. The molecule has 2 aromatic heterocycles. The molecular formula is C15H20Cl2N4O. The van der Waals surface area contributed by atoms with E-state index in [9.17, 15) is 4.79 Å². The van der Waals surface area contributed by atoms with Crippen LogP contribution in [0, 0.1) is 5.92 Å². The van der Waals surface area contributed by atoms with Crippen LogP contribution in [0.1, 0.15) is 23.3 Å². The van der Waals surface area contributed by atoms with Crippen molar-refractivity contribution in [1.82, 2.24) is 19.6 Å². The molecule has 5 nitrogen and oxygen atoms in total. The summed E-state index contributed by atoms with van der Waals surface area (Å²) < 4.78 is 1.91. The maximum absolute atomic E-state index is 12.3. The van der Waals surface area contributed by atoms with E-state index in [1.807, 2.05) is 28.8 Å². The van der Waals surface area contributed by atoms with Crippen molar-refractivity contribution in [2.75, 3.05) is 19.6 Å². The molecule has 0 spiro atoms. The molecule has 1 unspecified atom stereocenters. The molecule has 4 heterocycles. The molecule has 1 N–H and O–H groups in total. The summed E-state index contributed by atoms with van der Waals surface area (Å²) in [5.41, 5.74) is 1.50. The van der Waals surface area contributed by atoms with Crippen LogP contribution in [-0.2, 0) is 0 Å². The highest BCUT2D eigenvalue weighted by Gasteiger charge is 2.33. The predicted molar refractivity (Wildman–Crippen MR) is 90.1 cm³/mol. The number of hydrogen-bond acceptors (Lipinski definition) is 3. The molecule has 7 heteroatoms. The third kappa shape index (κ3) is 3.21. The number of amides is 1. The lowest BCUT2D eigenvalue weighted by Gasteiger charge is -2.30. The third-order valence-corrected chi connectivity index (χ3v) is 4.45. The minimum Gasteiger partial charge on any atom is -0.347 e. The lowest BCUT2D eigenvalue weighted by Crippen LogP contribution is -2.47. The van der Waals surface area contributed by atoms with Gasteiger partial charge in [0.05, 0.1) is 6.33 Å². The highest BCUT2D eigenvalue weighted by atomic mass is 35.5. The zero-order valence-corrected chi connectivity index (χ0v) is 13.8. The highest BCUT2D eigenvalue weighted by molar-refractivity contribution is 5.93. The van der Waals surface area contributed by atoms with Gasteiger partial charge in [-0.3, -0.25) is 4.79 Å². The fraction of sp³-hybridized carbons (Fsp3) is 0.467. The maximum atomic E-state index is 12.3. The second kappa shape index (κ2) is 6.86. The fourth-order valence-corrected chi connectivity index (χ4v) is 3.48. The van der Waals surface area contributed by atoms with Crippen molar-refractivity contribution < 1.29 is 4.79 Å². The van der Waals surface area contributed by atoms with E-state index in [1.165, 1.54) is 19.5 Å². The van der Waals surface area contributed by atoms with E-state index >= 15 is 0 Å². The smallest absolute Gasteiger partial charge is 0.270 e. The molecule has 1 amide bonds. The number of fused-ring (bicyclic) bond motifs is 3. The van der Waals surface area contributed by atoms with Crippen molar-refractivity contribution in [3.05, 3.63) is 36.4 Å². The van der Waals surface area contributed by atoms with E-state index in [2.05, 4.69) is 15.2 Å². The van der Waals surface area contributed by atoms with Crippen LogP contribution in [0.25, 0.3) is 5.52 Å². The average molecular weight is 343 g/mol. The maximum Gasteiger partial charge on any atom is 0.270 e. The molecule has 2 saturated heterocycles. The normalized spacial score (nSPS) is 26.1. The minimum atomic E-state index is -0.0544. The van der Waals surface area contributed by atoms with Crippen molar-refractivity contribution in [3.63, 3.8) is 0 Å². The fourth-order valence-electron chi connectivity index (χ4n) is 3.48. The first-order valence-electron chi connectivity index (χ1n) is 7.24. The SMILES string of the molecule is Cl.Cl.O=C(N[C@@H]1C[C@@H]2CCN(C2)C1)c1cc2cccn2cn1. The van der Waals surface area contributed by atoms with E-state index in [-0.39, 0.29) is 36.8 Å². The van der Waals surface area contributed by atoms with Gasteiger partial charge in [-0.15, -0.1) is 24.8 Å². The van der Waals surface area contributed by atoms with Gasteiger partial charge in [0, 0.05) is 30.8 Å². The molecule has 0 radical (unpaired) electrons. The van der Waals surface area contributed by atoms with Crippen molar-refractivity contribution >= 4 is 36.2 Å². The van der Waals surface area contributed by atoms with Crippen LogP contribution >= 0.6 is 24.8 Å². The zero-order chi connectivity index (χ0) is 13.5. The summed E-state index contributed by atoms with van der Waals surface area (Å²) in [5.74, 6) is 0.705. The van der Waals surface area contributed by atoms with E-state index in [4.69, 9.17) is 0 Å². The number of rotatable bonds is 2. The lowest BCUT2D eigenvalue weighted by molar-refractivity contribution is 0.0904. The number of carbonyl (C=O) groups excluding carboxylic acids is 1. The number of piperidine rings is 1. The van der Waals surface area contributed by atoms with Gasteiger partial charge >= 0.3 is 0 Å². The van der Waals surface area contributed by atoms with Crippen molar-refractivity contribution in [2.45, 2.75) is 18.9 Å². The summed E-state index contributed by atoms with van der Waals surface area (Å²) in [6.45, 7) is 3.38. The summed E-state index contributed by atoms with van der Waals surface area (Å²) in [7, 11) is 0. The number of carbonyl (C=O) groups is 1. The number of hydrogen-bond donors (Lipinski definition) is 1. The Morgan fingerprint density at radius 3 is 3.00 bits per heavy atom. The summed E-state index contributed by atoms with van der Waals surface area (Å²) in [6.07, 6.45) is 6.00. The minimum absolute atomic E-state index is 0. The van der Waals surface area contributed by atoms with Crippen molar-refractivity contribution in [1.29, 1.82) is 0 Å². The topological polar surface area (TPSA) is 49.6 Å². The summed E-state index contributed by atoms with van der Waals surface area (Å²) in [4.78, 5) is 19.0. The molecule has 2 aromatic rings. The Bertz CT molecular complexity index is 648. The second-order valence-corrected chi connectivity index (χ2v) is 5.93. The highest BCUT2D eigenvalue weighted by Crippen LogP contribution is 2.26. The van der Waals surface area contributed by atoms with Crippen LogP contribution in [0.5, 0.6) is 0 Å². The zero-order valence-electron chi connectivity index (χ0n) is 12.1. The van der Waals surface area contributed by atoms with Crippen LogP contribution in [-0.4, -0.2) is 45.9 Å². The first-order valence-corrected chi connectivity index (χ1v) is 7.24. The van der Waals surface area contributed by atoms with Crippen LogP contribution in [0.2, 0.25) is 0 Å². The number of nitrogens with one attached hydrogen (secondary N) is 1. The standard InChI is InChI=1S/C15H18N4O.2ClH/c20-15(14-7-13-2-1-4-19(13)10-16-14)17-12-6-11-3-5-18(8-11)9-12;;/h1-2,4,7,10-12H,3,5-6,8-9H2,(H,17,20);2*1H/t11-,12+;;/m0../s1. The molecule has 120 valence electrons. The number of halogens is 2. The van der Waals surface area contributed by atoms with Gasteiger partial charge in [0.25, 0.3) is 5.91 Å². The lowest BCUT2D eigenvalue weighted by atomic mass is 9.97. The molecule has 2 aliphatic heterocycles. The van der Waals surface area contributed by atoms with Gasteiger partial charge in [0.2, 0.25) is 0 Å². The van der Waals surface area contributed by atoms with E-state index in [0.717, 1.165) is 24.4 Å². The monoisotopic (exact) mass is 342 g/mol. The van der Waals surface area contributed by atoms with Gasteiger partial charge in [0.15, 0.2) is 0 Å². The van der Waals surface area contributed by atoms with Crippen molar-refractivity contribution in [3.8, 4) is 0 Å². The Morgan fingerprint density at radius 2 is 2.18 bits per heavy atom. The molecule has 3 atom stereocenters. The Morgan fingerprint density at radius 1 is 1.32 bits per heavy atom. The molecule has 0 saturated carbocycles. The Labute approximate surface area is 141 Å². The largest absolute Gasteiger partial charge is 0.347 e. The molecule has 0 aromatic carbocycles.